The highest BCUT2D eigenvalue weighted by Gasteiger charge is 2.20. The van der Waals surface area contributed by atoms with Crippen LogP contribution in [0.4, 0.5) is 0 Å². The SMILES string of the molecule is COc1ccc(C(=O)COC(=O)c2ncc(Cl)c(Cl)c2Cl)cc1Cl. The van der Waals surface area contributed by atoms with Crippen molar-refractivity contribution in [2.75, 3.05) is 13.7 Å². The molecule has 0 N–H and O–H groups in total. The molecule has 0 bridgehead atoms. The van der Waals surface area contributed by atoms with Crippen molar-refractivity contribution in [2.45, 2.75) is 0 Å². The van der Waals surface area contributed by atoms with Gasteiger partial charge in [0.05, 0.1) is 27.2 Å². The van der Waals surface area contributed by atoms with E-state index in [0.29, 0.717) is 5.75 Å². The van der Waals surface area contributed by atoms with E-state index in [1.807, 2.05) is 0 Å². The Kier molecular flexibility index (Phi) is 6.29. The highest BCUT2D eigenvalue weighted by atomic mass is 35.5. The van der Waals surface area contributed by atoms with Crippen molar-refractivity contribution in [1.82, 2.24) is 4.98 Å². The van der Waals surface area contributed by atoms with Crippen molar-refractivity contribution in [2.24, 2.45) is 0 Å². The van der Waals surface area contributed by atoms with Gasteiger partial charge in [0.1, 0.15) is 5.75 Å². The second-order valence-corrected chi connectivity index (χ2v) is 6.00. The van der Waals surface area contributed by atoms with Gasteiger partial charge in [0, 0.05) is 11.8 Å². The largest absolute Gasteiger partial charge is 0.495 e. The fourth-order valence-electron chi connectivity index (χ4n) is 1.71. The van der Waals surface area contributed by atoms with Gasteiger partial charge in [-0.3, -0.25) is 4.79 Å². The maximum atomic E-state index is 12.1. The lowest BCUT2D eigenvalue weighted by Crippen LogP contribution is -2.15. The maximum Gasteiger partial charge on any atom is 0.358 e. The van der Waals surface area contributed by atoms with Crippen LogP contribution in [0.5, 0.6) is 5.75 Å². The van der Waals surface area contributed by atoms with Gasteiger partial charge >= 0.3 is 5.97 Å². The van der Waals surface area contributed by atoms with E-state index < -0.39 is 18.4 Å². The van der Waals surface area contributed by atoms with Crippen LogP contribution in [0.1, 0.15) is 20.8 Å². The Morgan fingerprint density at radius 1 is 1.08 bits per heavy atom. The Balaban J connectivity index is 2.08. The van der Waals surface area contributed by atoms with Crippen molar-refractivity contribution in [3.8, 4) is 5.75 Å². The second-order valence-electron chi connectivity index (χ2n) is 4.43. The van der Waals surface area contributed by atoms with E-state index in [-0.39, 0.29) is 31.3 Å². The summed E-state index contributed by atoms with van der Waals surface area (Å²) in [5.74, 6) is -0.924. The molecule has 2 aromatic rings. The molecule has 0 aliphatic heterocycles. The molecule has 1 aromatic heterocycles. The summed E-state index contributed by atoms with van der Waals surface area (Å²) in [4.78, 5) is 27.8. The molecule has 0 atom stereocenters. The van der Waals surface area contributed by atoms with Crippen molar-refractivity contribution < 1.29 is 19.1 Å². The van der Waals surface area contributed by atoms with E-state index >= 15 is 0 Å². The molecular weight excluding hydrogens is 400 g/mol. The summed E-state index contributed by atoms with van der Waals surface area (Å²) in [5, 5.41) is 0.202. The number of ether oxygens (including phenoxy) is 2. The first-order valence-electron chi connectivity index (χ1n) is 6.38. The van der Waals surface area contributed by atoms with E-state index in [4.69, 9.17) is 55.9 Å². The Morgan fingerprint density at radius 2 is 1.79 bits per heavy atom. The summed E-state index contributed by atoms with van der Waals surface area (Å²) in [6.07, 6.45) is 1.16. The number of carbonyl (C=O) groups excluding carboxylic acids is 2. The molecule has 1 heterocycles. The van der Waals surface area contributed by atoms with Gasteiger partial charge in [-0.2, -0.15) is 0 Å². The zero-order valence-electron chi connectivity index (χ0n) is 12.1. The summed E-state index contributed by atoms with van der Waals surface area (Å²) in [6, 6.07) is 4.46. The zero-order valence-corrected chi connectivity index (χ0v) is 15.1. The van der Waals surface area contributed by atoms with Crippen LogP contribution in [-0.2, 0) is 4.74 Å². The first kappa shape index (κ1) is 18.8. The number of halogens is 4. The standard InChI is InChI=1S/C15H9Cl4NO4/c1-23-11-3-2-7(4-8(11)16)10(21)6-24-15(22)14-13(19)12(18)9(17)5-20-14/h2-5H,6H2,1H3. The predicted octanol–water partition coefficient (Wildman–Crippen LogP) is 4.74. The molecule has 0 radical (unpaired) electrons. The lowest BCUT2D eigenvalue weighted by Gasteiger charge is -2.08. The molecule has 9 heteroatoms. The molecule has 0 fully saturated rings. The number of hydrogen-bond donors (Lipinski definition) is 0. The van der Waals surface area contributed by atoms with E-state index in [9.17, 15) is 9.59 Å². The lowest BCUT2D eigenvalue weighted by atomic mass is 10.1. The van der Waals surface area contributed by atoms with Gasteiger partial charge in [-0.15, -0.1) is 0 Å². The van der Waals surface area contributed by atoms with Crippen LogP contribution in [0.3, 0.4) is 0 Å². The Morgan fingerprint density at radius 3 is 2.42 bits per heavy atom. The van der Waals surface area contributed by atoms with Gasteiger partial charge in [-0.25, -0.2) is 9.78 Å². The van der Waals surface area contributed by atoms with Crippen LogP contribution in [0, 0.1) is 0 Å². The number of pyridine rings is 1. The van der Waals surface area contributed by atoms with Gasteiger partial charge in [-0.1, -0.05) is 46.4 Å². The molecule has 0 aliphatic rings. The van der Waals surface area contributed by atoms with Gasteiger partial charge in [0.15, 0.2) is 18.1 Å². The van der Waals surface area contributed by atoms with E-state index in [0.717, 1.165) is 6.20 Å². The molecule has 0 saturated carbocycles. The number of ketones is 1. The third kappa shape index (κ3) is 4.11. The Hall–Kier alpha value is -1.53. The van der Waals surface area contributed by atoms with Crippen LogP contribution in [0.25, 0.3) is 0 Å². The average Bonchev–Trinajstić information content (AvgIpc) is 2.57. The number of carbonyl (C=O) groups is 2. The highest BCUT2D eigenvalue weighted by Crippen LogP contribution is 2.31. The third-order valence-corrected chi connectivity index (χ3v) is 4.45. The van der Waals surface area contributed by atoms with Crippen molar-refractivity contribution >= 4 is 58.2 Å². The Bertz CT molecular complexity index is 810. The van der Waals surface area contributed by atoms with Gasteiger partial charge < -0.3 is 9.47 Å². The number of rotatable bonds is 5. The van der Waals surface area contributed by atoms with Crippen molar-refractivity contribution in [3.63, 3.8) is 0 Å². The van der Waals surface area contributed by atoms with Crippen molar-refractivity contribution in [3.05, 3.63) is 55.7 Å². The van der Waals surface area contributed by atoms with Crippen LogP contribution in [-0.4, -0.2) is 30.5 Å². The summed E-state index contributed by atoms with van der Waals surface area (Å²) in [5.41, 5.74) is 0.0356. The summed E-state index contributed by atoms with van der Waals surface area (Å²) in [6.45, 7) is -0.514. The smallest absolute Gasteiger partial charge is 0.358 e. The number of nitrogens with zero attached hydrogens (tertiary/aromatic N) is 1. The number of aromatic nitrogens is 1. The maximum absolute atomic E-state index is 12.1. The summed E-state index contributed by atoms with van der Waals surface area (Å²) < 4.78 is 9.90. The van der Waals surface area contributed by atoms with E-state index in [1.54, 1.807) is 0 Å². The molecule has 126 valence electrons. The molecule has 0 aliphatic carbocycles. The van der Waals surface area contributed by atoms with Gasteiger partial charge in [-0.05, 0) is 18.2 Å². The Labute approximate surface area is 157 Å². The number of benzene rings is 1. The van der Waals surface area contributed by atoms with Crippen LogP contribution >= 0.6 is 46.4 Å². The fourth-order valence-corrected chi connectivity index (χ4v) is 2.52. The molecule has 2 rings (SSSR count). The minimum absolute atomic E-state index is 0.0199. The highest BCUT2D eigenvalue weighted by molar-refractivity contribution is 6.48. The minimum atomic E-state index is -0.897. The second kappa shape index (κ2) is 8.03. The van der Waals surface area contributed by atoms with Gasteiger partial charge in [0.2, 0.25) is 0 Å². The van der Waals surface area contributed by atoms with E-state index in [2.05, 4.69) is 4.98 Å². The molecule has 24 heavy (non-hydrogen) atoms. The molecule has 0 spiro atoms. The van der Waals surface area contributed by atoms with Crippen molar-refractivity contribution in [1.29, 1.82) is 0 Å². The number of methoxy groups -OCH3 is 1. The topological polar surface area (TPSA) is 65.5 Å². The lowest BCUT2D eigenvalue weighted by molar-refractivity contribution is 0.0469. The van der Waals surface area contributed by atoms with Crippen LogP contribution in [0.2, 0.25) is 20.1 Å². The zero-order chi connectivity index (χ0) is 17.9. The van der Waals surface area contributed by atoms with E-state index in [1.165, 1.54) is 25.3 Å². The molecule has 0 saturated heterocycles. The first-order chi connectivity index (χ1) is 11.3. The molecular formula is C15H9Cl4NO4. The molecule has 0 unspecified atom stereocenters. The average molecular weight is 409 g/mol. The quantitative estimate of drug-likeness (QED) is 0.527. The normalized spacial score (nSPS) is 10.4. The third-order valence-electron chi connectivity index (χ3n) is 2.92. The number of Topliss-reactive ketones (excluding diaryl/α,β-unsaturated/α-hetero) is 1. The molecule has 5 nitrogen and oxygen atoms in total. The fraction of sp³-hybridized carbons (Fsp3) is 0.133. The summed E-state index contributed by atoms with van der Waals surface area (Å²) >= 11 is 23.4. The van der Waals surface area contributed by atoms with Crippen LogP contribution in [0.15, 0.2) is 24.4 Å². The van der Waals surface area contributed by atoms with Crippen LogP contribution < -0.4 is 4.74 Å². The number of esters is 1. The molecule has 1 aromatic carbocycles. The minimum Gasteiger partial charge on any atom is -0.495 e. The predicted molar refractivity (Wildman–Crippen MR) is 91.9 cm³/mol. The van der Waals surface area contributed by atoms with Gasteiger partial charge in [0.25, 0.3) is 0 Å². The first-order valence-corrected chi connectivity index (χ1v) is 7.89. The number of hydrogen-bond acceptors (Lipinski definition) is 5. The molecule has 0 amide bonds. The monoisotopic (exact) mass is 407 g/mol. The summed E-state index contributed by atoms with van der Waals surface area (Å²) in [7, 11) is 1.46.